The summed E-state index contributed by atoms with van der Waals surface area (Å²) in [7, 11) is 0. The van der Waals surface area contributed by atoms with Gasteiger partial charge in [0.2, 0.25) is 11.8 Å². The van der Waals surface area contributed by atoms with Crippen LogP contribution in [-0.4, -0.2) is 53.6 Å². The molecule has 28 heavy (non-hydrogen) atoms. The SMILES string of the molecule is CC1(C)N[C@H](CNCc2cccc3c2C(=O)N(C2CCC(=O)NC2=O)C3)CO1. The fourth-order valence-electron chi connectivity index (χ4n) is 4.21. The average molecular weight is 386 g/mol. The van der Waals surface area contributed by atoms with Gasteiger partial charge >= 0.3 is 0 Å². The second-order valence-corrected chi connectivity index (χ2v) is 8.14. The molecule has 2 saturated heterocycles. The minimum Gasteiger partial charge on any atom is -0.360 e. The molecule has 0 aromatic heterocycles. The Morgan fingerprint density at radius 3 is 2.82 bits per heavy atom. The summed E-state index contributed by atoms with van der Waals surface area (Å²) in [5, 5.41) is 9.15. The molecule has 0 saturated carbocycles. The van der Waals surface area contributed by atoms with E-state index < -0.39 is 6.04 Å². The number of carbonyl (C=O) groups excluding carboxylic acids is 3. The van der Waals surface area contributed by atoms with Gasteiger partial charge in [-0.25, -0.2) is 0 Å². The molecule has 8 nitrogen and oxygen atoms in total. The maximum Gasteiger partial charge on any atom is 0.255 e. The molecule has 0 spiro atoms. The number of imide groups is 1. The summed E-state index contributed by atoms with van der Waals surface area (Å²) < 4.78 is 5.67. The first-order valence-corrected chi connectivity index (χ1v) is 9.72. The number of nitrogens with zero attached hydrogens (tertiary/aromatic N) is 1. The number of rotatable bonds is 5. The molecule has 1 aromatic carbocycles. The third kappa shape index (κ3) is 3.67. The maximum absolute atomic E-state index is 13.0. The van der Waals surface area contributed by atoms with Crippen molar-refractivity contribution in [3.05, 3.63) is 34.9 Å². The molecule has 1 aromatic rings. The van der Waals surface area contributed by atoms with Crippen molar-refractivity contribution in [2.75, 3.05) is 13.2 Å². The minimum absolute atomic E-state index is 0.134. The van der Waals surface area contributed by atoms with Gasteiger partial charge in [0.05, 0.1) is 6.61 Å². The lowest BCUT2D eigenvalue weighted by Gasteiger charge is -2.29. The lowest BCUT2D eigenvalue weighted by Crippen LogP contribution is -2.52. The maximum atomic E-state index is 13.0. The third-order valence-corrected chi connectivity index (χ3v) is 5.54. The summed E-state index contributed by atoms with van der Waals surface area (Å²) in [4.78, 5) is 38.2. The van der Waals surface area contributed by atoms with Crippen LogP contribution in [0.1, 0.15) is 48.2 Å². The van der Waals surface area contributed by atoms with Crippen molar-refractivity contribution in [3.8, 4) is 0 Å². The predicted molar refractivity (Wildman–Crippen MR) is 101 cm³/mol. The lowest BCUT2D eigenvalue weighted by atomic mass is 10.0. The number of ether oxygens (including phenoxy) is 1. The summed E-state index contributed by atoms with van der Waals surface area (Å²) in [6.07, 6.45) is 0.638. The number of hydrogen-bond acceptors (Lipinski definition) is 6. The zero-order chi connectivity index (χ0) is 19.9. The Balaban J connectivity index is 1.42. The van der Waals surface area contributed by atoms with Crippen LogP contribution < -0.4 is 16.0 Å². The van der Waals surface area contributed by atoms with Gasteiger partial charge in [0.25, 0.3) is 5.91 Å². The molecule has 3 N–H and O–H groups in total. The molecular weight excluding hydrogens is 360 g/mol. The molecular formula is C20H26N4O4. The van der Waals surface area contributed by atoms with Crippen molar-refractivity contribution in [3.63, 3.8) is 0 Å². The minimum atomic E-state index is -0.583. The van der Waals surface area contributed by atoms with Crippen LogP contribution in [0.15, 0.2) is 18.2 Å². The van der Waals surface area contributed by atoms with E-state index in [0.29, 0.717) is 31.7 Å². The number of benzene rings is 1. The van der Waals surface area contributed by atoms with Gasteiger partial charge in [-0.05, 0) is 31.4 Å². The first-order chi connectivity index (χ1) is 13.3. The summed E-state index contributed by atoms with van der Waals surface area (Å²) >= 11 is 0. The fraction of sp³-hybridized carbons (Fsp3) is 0.550. The van der Waals surface area contributed by atoms with Gasteiger partial charge < -0.3 is 15.0 Å². The Morgan fingerprint density at radius 2 is 2.11 bits per heavy atom. The van der Waals surface area contributed by atoms with Crippen LogP contribution in [0.3, 0.4) is 0 Å². The van der Waals surface area contributed by atoms with E-state index in [0.717, 1.165) is 17.7 Å². The standard InChI is InChI=1S/C20H26N4O4/c1-20(2)23-14(11-28-20)9-21-8-12-4-3-5-13-10-24(19(27)17(12)13)15-6-7-16(25)22-18(15)26/h3-5,14-15,21,23H,6-11H2,1-2H3,(H,22,25,26)/t14-,15?/m1/s1. The fourth-order valence-corrected chi connectivity index (χ4v) is 4.21. The van der Waals surface area contributed by atoms with Crippen LogP contribution >= 0.6 is 0 Å². The zero-order valence-electron chi connectivity index (χ0n) is 16.2. The third-order valence-electron chi connectivity index (χ3n) is 5.54. The molecule has 2 atom stereocenters. The number of nitrogens with one attached hydrogen (secondary N) is 3. The molecule has 0 bridgehead atoms. The van der Waals surface area contributed by atoms with Crippen LogP contribution in [0.2, 0.25) is 0 Å². The number of piperidine rings is 1. The molecule has 8 heteroatoms. The highest BCUT2D eigenvalue weighted by Crippen LogP contribution is 2.29. The van der Waals surface area contributed by atoms with E-state index >= 15 is 0 Å². The normalized spacial score (nSPS) is 26.5. The van der Waals surface area contributed by atoms with Crippen molar-refractivity contribution in [2.45, 2.75) is 57.6 Å². The number of fused-ring (bicyclic) bond motifs is 1. The largest absolute Gasteiger partial charge is 0.360 e. The van der Waals surface area contributed by atoms with Crippen molar-refractivity contribution >= 4 is 17.7 Å². The highest BCUT2D eigenvalue weighted by atomic mass is 16.5. The van der Waals surface area contributed by atoms with E-state index in [-0.39, 0.29) is 35.9 Å². The van der Waals surface area contributed by atoms with Crippen LogP contribution in [0.4, 0.5) is 0 Å². The lowest BCUT2D eigenvalue weighted by molar-refractivity contribution is -0.136. The second kappa shape index (κ2) is 7.27. The Kier molecular flexibility index (Phi) is 4.95. The first-order valence-electron chi connectivity index (χ1n) is 9.72. The molecule has 2 fully saturated rings. The van der Waals surface area contributed by atoms with Crippen LogP contribution in [0.5, 0.6) is 0 Å². The van der Waals surface area contributed by atoms with Gasteiger partial charge in [-0.3, -0.25) is 25.0 Å². The Morgan fingerprint density at radius 1 is 1.29 bits per heavy atom. The molecule has 3 aliphatic rings. The average Bonchev–Trinajstić information content (AvgIpc) is 3.15. The van der Waals surface area contributed by atoms with Crippen LogP contribution in [-0.2, 0) is 27.4 Å². The molecule has 3 heterocycles. The van der Waals surface area contributed by atoms with E-state index in [1.807, 2.05) is 32.0 Å². The van der Waals surface area contributed by atoms with Crippen molar-refractivity contribution in [2.24, 2.45) is 0 Å². The molecule has 0 radical (unpaired) electrons. The van der Waals surface area contributed by atoms with Gasteiger partial charge in [0.1, 0.15) is 11.8 Å². The first kappa shape index (κ1) is 19.0. The summed E-state index contributed by atoms with van der Waals surface area (Å²) in [5.74, 6) is -0.791. The summed E-state index contributed by atoms with van der Waals surface area (Å²) in [6, 6.07) is 5.46. The van der Waals surface area contributed by atoms with Crippen LogP contribution in [0.25, 0.3) is 0 Å². The van der Waals surface area contributed by atoms with Gasteiger partial charge in [-0.2, -0.15) is 0 Å². The molecule has 4 rings (SSSR count). The molecule has 3 amide bonds. The topological polar surface area (TPSA) is 99.8 Å². The number of amides is 3. The Labute approximate surface area is 164 Å². The predicted octanol–water partition coefficient (Wildman–Crippen LogP) is 0.262. The molecule has 150 valence electrons. The number of carbonyl (C=O) groups is 3. The Bertz CT molecular complexity index is 822. The highest BCUT2D eigenvalue weighted by molar-refractivity contribution is 6.05. The van der Waals surface area contributed by atoms with E-state index in [1.54, 1.807) is 4.90 Å². The summed E-state index contributed by atoms with van der Waals surface area (Å²) in [6.45, 7) is 6.35. The number of hydrogen-bond donors (Lipinski definition) is 3. The van der Waals surface area contributed by atoms with E-state index in [4.69, 9.17) is 4.74 Å². The van der Waals surface area contributed by atoms with Gasteiger partial charge in [0.15, 0.2) is 0 Å². The molecule has 0 aliphatic carbocycles. The van der Waals surface area contributed by atoms with E-state index in [2.05, 4.69) is 16.0 Å². The summed E-state index contributed by atoms with van der Waals surface area (Å²) in [5.41, 5.74) is 2.22. The quantitative estimate of drug-likeness (QED) is 0.628. The van der Waals surface area contributed by atoms with E-state index in [1.165, 1.54) is 0 Å². The highest BCUT2D eigenvalue weighted by Gasteiger charge is 2.40. The second-order valence-electron chi connectivity index (χ2n) is 8.14. The smallest absolute Gasteiger partial charge is 0.255 e. The molecule has 3 aliphatic heterocycles. The monoisotopic (exact) mass is 386 g/mol. The van der Waals surface area contributed by atoms with Crippen molar-refractivity contribution < 1.29 is 19.1 Å². The molecule has 1 unspecified atom stereocenters. The zero-order valence-corrected chi connectivity index (χ0v) is 16.2. The van der Waals surface area contributed by atoms with Crippen molar-refractivity contribution in [1.82, 2.24) is 20.9 Å². The van der Waals surface area contributed by atoms with Gasteiger partial charge in [-0.15, -0.1) is 0 Å². The van der Waals surface area contributed by atoms with Crippen LogP contribution in [0, 0.1) is 0 Å². The van der Waals surface area contributed by atoms with Gasteiger partial charge in [0, 0.05) is 37.7 Å². The van der Waals surface area contributed by atoms with Crippen molar-refractivity contribution in [1.29, 1.82) is 0 Å². The Hall–Kier alpha value is -2.29. The van der Waals surface area contributed by atoms with Gasteiger partial charge in [-0.1, -0.05) is 18.2 Å². The van der Waals surface area contributed by atoms with E-state index in [9.17, 15) is 14.4 Å².